The fourth-order valence-electron chi connectivity index (χ4n) is 1.78. The summed E-state index contributed by atoms with van der Waals surface area (Å²) < 4.78 is 1.73. The van der Waals surface area contributed by atoms with Crippen LogP contribution < -0.4 is 5.32 Å². The van der Waals surface area contributed by atoms with E-state index in [9.17, 15) is 4.79 Å². The van der Waals surface area contributed by atoms with E-state index < -0.39 is 0 Å². The average Bonchev–Trinajstić information content (AvgIpc) is 2.94. The van der Waals surface area contributed by atoms with Crippen molar-refractivity contribution in [2.75, 3.05) is 18.9 Å². The third kappa shape index (κ3) is 3.41. The first-order valence-corrected chi connectivity index (χ1v) is 6.01. The summed E-state index contributed by atoms with van der Waals surface area (Å²) in [6.07, 6.45) is 3.35. The van der Waals surface area contributed by atoms with Crippen LogP contribution in [0.15, 0.2) is 18.5 Å². The minimum atomic E-state index is -0.0573. The number of amides is 1. The van der Waals surface area contributed by atoms with E-state index in [1.807, 2.05) is 32.0 Å². The highest BCUT2D eigenvalue weighted by Crippen LogP contribution is 2.11. The van der Waals surface area contributed by atoms with E-state index >= 15 is 0 Å². The molecule has 7 heteroatoms. The summed E-state index contributed by atoms with van der Waals surface area (Å²) in [6.45, 7) is 2.88. The molecule has 0 spiro atoms. The van der Waals surface area contributed by atoms with Crippen LogP contribution in [0.4, 0.5) is 5.69 Å². The summed E-state index contributed by atoms with van der Waals surface area (Å²) in [4.78, 5) is 13.8. The summed E-state index contributed by atoms with van der Waals surface area (Å²) >= 11 is 0. The molecule has 2 rings (SSSR count). The predicted octanol–water partition coefficient (Wildman–Crippen LogP) is 0.522. The van der Waals surface area contributed by atoms with E-state index in [-0.39, 0.29) is 5.91 Å². The molecule has 1 amide bonds. The van der Waals surface area contributed by atoms with E-state index in [1.54, 1.807) is 17.1 Å². The standard InChI is InChI=1S/C12H18N6O/c1-9-11(6-14-18(9)3)15-12(19)8-17(2)7-10-4-5-13-16-10/h4-6H,7-8H2,1-3H3,(H,13,16)(H,15,19). The molecular formula is C12H18N6O. The fraction of sp³-hybridized carbons (Fsp3) is 0.417. The van der Waals surface area contributed by atoms with Crippen LogP contribution in [0.1, 0.15) is 11.4 Å². The lowest BCUT2D eigenvalue weighted by Gasteiger charge is -2.14. The van der Waals surface area contributed by atoms with Crippen LogP contribution in [0.25, 0.3) is 0 Å². The number of rotatable bonds is 5. The Morgan fingerprint density at radius 1 is 1.58 bits per heavy atom. The maximum Gasteiger partial charge on any atom is 0.238 e. The molecule has 0 aliphatic heterocycles. The van der Waals surface area contributed by atoms with Crippen molar-refractivity contribution in [3.63, 3.8) is 0 Å². The number of hydrogen-bond acceptors (Lipinski definition) is 4. The second kappa shape index (κ2) is 5.66. The smallest absolute Gasteiger partial charge is 0.238 e. The van der Waals surface area contributed by atoms with E-state index in [0.29, 0.717) is 13.1 Å². The highest BCUT2D eigenvalue weighted by Gasteiger charge is 2.11. The van der Waals surface area contributed by atoms with Gasteiger partial charge in [0.05, 0.1) is 24.1 Å². The summed E-state index contributed by atoms with van der Waals surface area (Å²) in [5, 5.41) is 13.7. The van der Waals surface area contributed by atoms with Crippen LogP contribution >= 0.6 is 0 Å². The lowest BCUT2D eigenvalue weighted by atomic mass is 10.3. The van der Waals surface area contributed by atoms with E-state index in [1.165, 1.54) is 0 Å². The number of likely N-dealkylation sites (N-methyl/N-ethyl adjacent to an activating group) is 1. The molecule has 0 aliphatic carbocycles. The minimum Gasteiger partial charge on any atom is -0.322 e. The monoisotopic (exact) mass is 262 g/mol. The Hall–Kier alpha value is -2.15. The highest BCUT2D eigenvalue weighted by molar-refractivity contribution is 5.92. The highest BCUT2D eigenvalue weighted by atomic mass is 16.2. The number of carbonyl (C=O) groups excluding carboxylic acids is 1. The number of anilines is 1. The van der Waals surface area contributed by atoms with Crippen molar-refractivity contribution in [1.82, 2.24) is 24.9 Å². The van der Waals surface area contributed by atoms with Crippen molar-refractivity contribution >= 4 is 11.6 Å². The number of H-pyrrole nitrogens is 1. The first-order chi connectivity index (χ1) is 9.06. The Morgan fingerprint density at radius 3 is 2.95 bits per heavy atom. The minimum absolute atomic E-state index is 0.0573. The molecule has 19 heavy (non-hydrogen) atoms. The SMILES string of the molecule is Cc1c(NC(=O)CN(C)Cc2ccn[nH]2)cnn1C. The molecule has 0 fully saturated rings. The van der Waals surface area contributed by atoms with Gasteiger partial charge in [0.25, 0.3) is 0 Å². The van der Waals surface area contributed by atoms with Crippen molar-refractivity contribution < 1.29 is 4.79 Å². The molecule has 0 aliphatic rings. The van der Waals surface area contributed by atoms with Crippen molar-refractivity contribution in [3.05, 3.63) is 29.8 Å². The molecule has 102 valence electrons. The van der Waals surface area contributed by atoms with Crippen LogP contribution in [-0.4, -0.2) is 44.4 Å². The summed E-state index contributed by atoms with van der Waals surface area (Å²) in [6, 6.07) is 1.89. The van der Waals surface area contributed by atoms with E-state index in [0.717, 1.165) is 17.1 Å². The molecule has 0 radical (unpaired) electrons. The van der Waals surface area contributed by atoms with Crippen molar-refractivity contribution in [2.45, 2.75) is 13.5 Å². The number of nitrogens with zero attached hydrogens (tertiary/aromatic N) is 4. The van der Waals surface area contributed by atoms with E-state index in [4.69, 9.17) is 0 Å². The number of aromatic nitrogens is 4. The first-order valence-electron chi connectivity index (χ1n) is 6.01. The number of aromatic amines is 1. The molecule has 0 atom stereocenters. The second-order valence-corrected chi connectivity index (χ2v) is 4.57. The maximum absolute atomic E-state index is 11.9. The molecule has 0 saturated carbocycles. The molecule has 0 bridgehead atoms. The zero-order valence-electron chi connectivity index (χ0n) is 11.3. The Kier molecular flexibility index (Phi) is 3.96. The van der Waals surface area contributed by atoms with Crippen LogP contribution in [0.3, 0.4) is 0 Å². The fourth-order valence-corrected chi connectivity index (χ4v) is 1.78. The number of aryl methyl sites for hydroxylation is 1. The van der Waals surface area contributed by atoms with Gasteiger partial charge in [0.15, 0.2) is 0 Å². The third-order valence-corrected chi connectivity index (χ3v) is 2.92. The van der Waals surface area contributed by atoms with Crippen LogP contribution in [0.2, 0.25) is 0 Å². The normalized spacial score (nSPS) is 10.9. The molecule has 0 saturated heterocycles. The van der Waals surface area contributed by atoms with Gasteiger partial charge >= 0.3 is 0 Å². The van der Waals surface area contributed by atoms with Crippen molar-refractivity contribution in [3.8, 4) is 0 Å². The largest absolute Gasteiger partial charge is 0.322 e. The van der Waals surface area contributed by atoms with Gasteiger partial charge in [-0.2, -0.15) is 10.2 Å². The third-order valence-electron chi connectivity index (χ3n) is 2.92. The number of carbonyl (C=O) groups is 1. The number of nitrogens with one attached hydrogen (secondary N) is 2. The van der Waals surface area contributed by atoms with Gasteiger partial charge in [0.2, 0.25) is 5.91 Å². The summed E-state index contributed by atoms with van der Waals surface area (Å²) in [7, 11) is 3.73. The second-order valence-electron chi connectivity index (χ2n) is 4.57. The van der Waals surface area contributed by atoms with Gasteiger partial charge in [0.1, 0.15) is 0 Å². The number of hydrogen-bond donors (Lipinski definition) is 2. The molecule has 7 nitrogen and oxygen atoms in total. The van der Waals surface area contributed by atoms with Gasteiger partial charge in [-0.15, -0.1) is 0 Å². The lowest BCUT2D eigenvalue weighted by Crippen LogP contribution is -2.30. The van der Waals surface area contributed by atoms with Gasteiger partial charge in [-0.1, -0.05) is 0 Å². The maximum atomic E-state index is 11.9. The van der Waals surface area contributed by atoms with Gasteiger partial charge in [-0.05, 0) is 20.0 Å². The molecule has 2 aromatic heterocycles. The molecule has 2 N–H and O–H groups in total. The summed E-state index contributed by atoms with van der Waals surface area (Å²) in [5.41, 5.74) is 2.67. The van der Waals surface area contributed by atoms with Crippen molar-refractivity contribution in [2.24, 2.45) is 7.05 Å². The zero-order valence-corrected chi connectivity index (χ0v) is 11.3. The van der Waals surface area contributed by atoms with Crippen LogP contribution in [-0.2, 0) is 18.4 Å². The van der Waals surface area contributed by atoms with Gasteiger partial charge in [0, 0.05) is 25.5 Å². The molecule has 2 aromatic rings. The van der Waals surface area contributed by atoms with Crippen LogP contribution in [0, 0.1) is 6.92 Å². The molecule has 2 heterocycles. The Bertz CT molecular complexity index is 545. The Morgan fingerprint density at radius 2 is 2.37 bits per heavy atom. The topological polar surface area (TPSA) is 78.8 Å². The molecule has 0 unspecified atom stereocenters. The predicted molar refractivity (Wildman–Crippen MR) is 71.5 cm³/mol. The van der Waals surface area contributed by atoms with Gasteiger partial charge in [-0.3, -0.25) is 19.5 Å². The Balaban J connectivity index is 1.85. The van der Waals surface area contributed by atoms with Crippen molar-refractivity contribution in [1.29, 1.82) is 0 Å². The Labute approximate surface area is 111 Å². The van der Waals surface area contributed by atoms with E-state index in [2.05, 4.69) is 20.6 Å². The zero-order chi connectivity index (χ0) is 13.8. The summed E-state index contributed by atoms with van der Waals surface area (Å²) in [5.74, 6) is -0.0573. The van der Waals surface area contributed by atoms with Gasteiger partial charge in [-0.25, -0.2) is 0 Å². The quantitative estimate of drug-likeness (QED) is 0.823. The first kappa shape index (κ1) is 13.3. The lowest BCUT2D eigenvalue weighted by molar-refractivity contribution is -0.117. The van der Waals surface area contributed by atoms with Gasteiger partial charge < -0.3 is 5.32 Å². The molecular weight excluding hydrogens is 244 g/mol. The molecule has 0 aromatic carbocycles. The van der Waals surface area contributed by atoms with Crippen LogP contribution in [0.5, 0.6) is 0 Å². The average molecular weight is 262 g/mol.